The molecule has 0 radical (unpaired) electrons. The van der Waals surface area contributed by atoms with Crippen LogP contribution in [0.3, 0.4) is 0 Å². The number of hydrogen-bond donors (Lipinski definition) is 0. The number of ether oxygens (including phenoxy) is 1. The molecule has 0 aliphatic carbocycles. The van der Waals surface area contributed by atoms with Gasteiger partial charge in [-0.15, -0.1) is 0 Å². The zero-order chi connectivity index (χ0) is 14.4. The minimum Gasteiger partial charge on any atom is -0.466 e. The predicted octanol–water partition coefficient (Wildman–Crippen LogP) is 1.01. The molecule has 106 valence electrons. The third-order valence-corrected chi connectivity index (χ3v) is 2.77. The molecule has 0 saturated heterocycles. The predicted molar refractivity (Wildman–Crippen MR) is 70.8 cm³/mol. The summed E-state index contributed by atoms with van der Waals surface area (Å²) in [5, 5.41) is 4.23. The molecule has 1 rings (SSSR count). The van der Waals surface area contributed by atoms with E-state index in [2.05, 4.69) is 5.10 Å². The molecule has 0 N–H and O–H groups in total. The molecule has 1 amide bonds. The number of hydrogen-bond acceptors (Lipinski definition) is 4. The Hall–Kier alpha value is -1.85. The topological polar surface area (TPSA) is 64.4 Å². The summed E-state index contributed by atoms with van der Waals surface area (Å²) >= 11 is 0. The van der Waals surface area contributed by atoms with E-state index in [4.69, 9.17) is 4.74 Å². The van der Waals surface area contributed by atoms with E-state index in [1.165, 1.54) is 4.90 Å². The zero-order valence-electron chi connectivity index (χ0n) is 12.0. The lowest BCUT2D eigenvalue weighted by Crippen LogP contribution is -2.29. The molecule has 0 fully saturated rings. The van der Waals surface area contributed by atoms with Gasteiger partial charge < -0.3 is 9.64 Å². The Balaban J connectivity index is 2.63. The third kappa shape index (κ3) is 4.08. The first kappa shape index (κ1) is 15.2. The van der Waals surface area contributed by atoms with Crippen LogP contribution in [0.4, 0.5) is 0 Å². The number of aryl methyl sites for hydroxylation is 2. The van der Waals surface area contributed by atoms with Crippen LogP contribution in [0, 0.1) is 0 Å². The second-order valence-electron chi connectivity index (χ2n) is 4.30. The maximum absolute atomic E-state index is 12.2. The second kappa shape index (κ2) is 6.92. The monoisotopic (exact) mass is 267 g/mol. The summed E-state index contributed by atoms with van der Waals surface area (Å²) in [6.07, 6.45) is 2.62. The van der Waals surface area contributed by atoms with E-state index in [0.717, 1.165) is 5.69 Å². The third-order valence-electron chi connectivity index (χ3n) is 2.77. The number of nitrogens with zero attached hydrogens (tertiary/aromatic N) is 3. The van der Waals surface area contributed by atoms with Gasteiger partial charge in [-0.1, -0.05) is 6.92 Å². The number of carbonyl (C=O) groups excluding carboxylic acids is 2. The van der Waals surface area contributed by atoms with Crippen LogP contribution in [0.25, 0.3) is 0 Å². The Morgan fingerprint density at radius 3 is 2.68 bits per heavy atom. The molecule has 0 saturated carbocycles. The standard InChI is InChI=1S/C13H21N3O3/c1-5-11-10(9-16(4)14-11)13(18)15(3)8-7-12(17)19-6-2/h9H,5-8H2,1-4H3. The van der Waals surface area contributed by atoms with Crippen molar-refractivity contribution in [1.29, 1.82) is 0 Å². The average Bonchev–Trinajstić information content (AvgIpc) is 2.76. The van der Waals surface area contributed by atoms with Gasteiger partial charge in [-0.25, -0.2) is 0 Å². The highest BCUT2D eigenvalue weighted by Gasteiger charge is 2.18. The van der Waals surface area contributed by atoms with Crippen molar-refractivity contribution in [3.63, 3.8) is 0 Å². The molecule has 1 aromatic heterocycles. The smallest absolute Gasteiger partial charge is 0.307 e. The van der Waals surface area contributed by atoms with Gasteiger partial charge in [-0.05, 0) is 13.3 Å². The Bertz CT molecular complexity index is 454. The number of carbonyl (C=O) groups is 2. The van der Waals surface area contributed by atoms with E-state index in [9.17, 15) is 9.59 Å². The van der Waals surface area contributed by atoms with Gasteiger partial charge in [0.1, 0.15) is 0 Å². The van der Waals surface area contributed by atoms with Gasteiger partial charge in [0, 0.05) is 26.8 Å². The molecule has 0 bridgehead atoms. The van der Waals surface area contributed by atoms with Gasteiger partial charge in [0.25, 0.3) is 5.91 Å². The second-order valence-corrected chi connectivity index (χ2v) is 4.30. The molecule has 0 unspecified atom stereocenters. The molecule has 0 atom stereocenters. The normalized spacial score (nSPS) is 10.3. The van der Waals surface area contributed by atoms with Crippen molar-refractivity contribution < 1.29 is 14.3 Å². The lowest BCUT2D eigenvalue weighted by molar-refractivity contribution is -0.143. The van der Waals surface area contributed by atoms with E-state index < -0.39 is 0 Å². The zero-order valence-corrected chi connectivity index (χ0v) is 12.0. The lowest BCUT2D eigenvalue weighted by atomic mass is 10.2. The van der Waals surface area contributed by atoms with Crippen LogP contribution in [-0.4, -0.2) is 46.8 Å². The highest BCUT2D eigenvalue weighted by atomic mass is 16.5. The summed E-state index contributed by atoms with van der Waals surface area (Å²) in [7, 11) is 3.46. The summed E-state index contributed by atoms with van der Waals surface area (Å²) in [6, 6.07) is 0. The lowest BCUT2D eigenvalue weighted by Gasteiger charge is -2.16. The summed E-state index contributed by atoms with van der Waals surface area (Å²) in [6.45, 7) is 4.42. The fourth-order valence-electron chi connectivity index (χ4n) is 1.77. The van der Waals surface area contributed by atoms with Crippen molar-refractivity contribution in [2.45, 2.75) is 26.7 Å². The summed E-state index contributed by atoms with van der Waals surface area (Å²) < 4.78 is 6.46. The minimum absolute atomic E-state index is 0.116. The van der Waals surface area contributed by atoms with Gasteiger partial charge in [-0.2, -0.15) is 5.10 Å². The van der Waals surface area contributed by atoms with Gasteiger partial charge in [-0.3, -0.25) is 14.3 Å². The first-order valence-electron chi connectivity index (χ1n) is 6.43. The van der Waals surface area contributed by atoms with Crippen LogP contribution in [0.5, 0.6) is 0 Å². The van der Waals surface area contributed by atoms with Crippen LogP contribution in [0.2, 0.25) is 0 Å². The molecule has 19 heavy (non-hydrogen) atoms. The largest absolute Gasteiger partial charge is 0.466 e. The number of esters is 1. The van der Waals surface area contributed by atoms with Crippen LogP contribution in [-0.2, 0) is 23.0 Å². The highest BCUT2D eigenvalue weighted by molar-refractivity contribution is 5.95. The molecule has 0 aromatic carbocycles. The molecular weight excluding hydrogens is 246 g/mol. The fraction of sp³-hybridized carbons (Fsp3) is 0.615. The number of amides is 1. The van der Waals surface area contributed by atoms with Crippen molar-refractivity contribution in [3.05, 3.63) is 17.5 Å². The Morgan fingerprint density at radius 1 is 1.42 bits per heavy atom. The quantitative estimate of drug-likeness (QED) is 0.721. The number of rotatable bonds is 6. The van der Waals surface area contributed by atoms with Crippen molar-refractivity contribution >= 4 is 11.9 Å². The minimum atomic E-state index is -0.288. The van der Waals surface area contributed by atoms with Crippen LogP contribution in [0.1, 0.15) is 36.3 Å². The van der Waals surface area contributed by atoms with Crippen molar-refractivity contribution in [2.24, 2.45) is 7.05 Å². The van der Waals surface area contributed by atoms with Gasteiger partial charge in [0.15, 0.2) is 0 Å². The van der Waals surface area contributed by atoms with Crippen LogP contribution >= 0.6 is 0 Å². The Labute approximate surface area is 113 Å². The van der Waals surface area contributed by atoms with E-state index in [1.807, 2.05) is 6.92 Å². The maximum Gasteiger partial charge on any atom is 0.307 e. The molecule has 0 aliphatic heterocycles. The van der Waals surface area contributed by atoms with Gasteiger partial charge in [0.05, 0.1) is 24.3 Å². The number of aromatic nitrogens is 2. The molecule has 1 heterocycles. The van der Waals surface area contributed by atoms with Crippen LogP contribution in [0.15, 0.2) is 6.20 Å². The fourth-order valence-corrected chi connectivity index (χ4v) is 1.77. The molecule has 0 aliphatic rings. The molecular formula is C13H21N3O3. The maximum atomic E-state index is 12.2. The molecule has 6 heteroatoms. The van der Waals surface area contributed by atoms with Gasteiger partial charge >= 0.3 is 5.97 Å². The Morgan fingerprint density at radius 2 is 2.11 bits per heavy atom. The van der Waals surface area contributed by atoms with Gasteiger partial charge in [0.2, 0.25) is 0 Å². The van der Waals surface area contributed by atoms with E-state index in [-0.39, 0.29) is 18.3 Å². The summed E-state index contributed by atoms with van der Waals surface area (Å²) in [5.41, 5.74) is 1.37. The first-order valence-corrected chi connectivity index (χ1v) is 6.43. The summed E-state index contributed by atoms with van der Waals surface area (Å²) in [4.78, 5) is 25.0. The Kier molecular flexibility index (Phi) is 5.54. The van der Waals surface area contributed by atoms with Crippen molar-refractivity contribution in [3.8, 4) is 0 Å². The summed E-state index contributed by atoms with van der Waals surface area (Å²) in [5.74, 6) is -0.404. The van der Waals surface area contributed by atoms with E-state index in [0.29, 0.717) is 25.1 Å². The average molecular weight is 267 g/mol. The molecule has 6 nitrogen and oxygen atoms in total. The van der Waals surface area contributed by atoms with E-state index in [1.54, 1.807) is 31.9 Å². The van der Waals surface area contributed by atoms with Crippen LogP contribution < -0.4 is 0 Å². The SMILES string of the molecule is CCOC(=O)CCN(C)C(=O)c1cn(C)nc1CC. The van der Waals surface area contributed by atoms with Crippen molar-refractivity contribution in [2.75, 3.05) is 20.2 Å². The first-order chi connectivity index (χ1) is 8.99. The highest BCUT2D eigenvalue weighted by Crippen LogP contribution is 2.10. The molecule has 1 aromatic rings. The van der Waals surface area contributed by atoms with E-state index >= 15 is 0 Å². The molecule has 0 spiro atoms. The van der Waals surface area contributed by atoms with Crippen molar-refractivity contribution in [1.82, 2.24) is 14.7 Å².